The summed E-state index contributed by atoms with van der Waals surface area (Å²) in [5, 5.41) is 0. The second kappa shape index (κ2) is 7.21. The Morgan fingerprint density at radius 3 is 2.50 bits per heavy atom. The zero-order valence-electron chi connectivity index (χ0n) is 10.5. The van der Waals surface area contributed by atoms with Crippen molar-refractivity contribution in [3.05, 3.63) is 0 Å². The first-order valence-corrected chi connectivity index (χ1v) is 7.14. The summed E-state index contributed by atoms with van der Waals surface area (Å²) in [6.45, 7) is 5.36. The highest BCUT2D eigenvalue weighted by atomic mass is 32.2. The first-order chi connectivity index (χ1) is 7.33. The molecule has 0 atom stereocenters. The molecular weight excluding hydrogens is 228 g/mol. The molecule has 0 heterocycles. The first kappa shape index (κ1) is 15.8. The van der Waals surface area contributed by atoms with Crippen molar-refractivity contribution in [1.82, 2.24) is 4.72 Å². The van der Waals surface area contributed by atoms with E-state index < -0.39 is 10.0 Å². The van der Waals surface area contributed by atoms with Crippen molar-refractivity contribution < 1.29 is 13.2 Å². The molecule has 0 aromatic carbocycles. The van der Waals surface area contributed by atoms with E-state index in [-0.39, 0.29) is 17.8 Å². The van der Waals surface area contributed by atoms with Gasteiger partial charge in [0.25, 0.3) is 0 Å². The maximum atomic E-state index is 11.5. The van der Waals surface area contributed by atoms with Gasteiger partial charge in [0.2, 0.25) is 10.0 Å². The Hall–Kier alpha value is -0.170. The summed E-state index contributed by atoms with van der Waals surface area (Å²) in [5.41, 5.74) is 5.37. The summed E-state index contributed by atoms with van der Waals surface area (Å²) < 4.78 is 30.3. The number of sulfonamides is 1. The van der Waals surface area contributed by atoms with Gasteiger partial charge in [-0.3, -0.25) is 0 Å². The monoisotopic (exact) mass is 252 g/mol. The molecule has 0 saturated heterocycles. The van der Waals surface area contributed by atoms with Crippen molar-refractivity contribution in [3.63, 3.8) is 0 Å². The molecule has 0 aliphatic rings. The number of nitrogens with two attached hydrogens (primary N) is 1. The van der Waals surface area contributed by atoms with Gasteiger partial charge in [-0.25, -0.2) is 13.1 Å². The standard InChI is InChI=1S/C10H24N2O3S/c1-10(2,5-4-6-11)9-12-16(13,14)8-7-15-3/h12H,4-9,11H2,1-3H3. The van der Waals surface area contributed by atoms with Crippen LogP contribution in [0.25, 0.3) is 0 Å². The average Bonchev–Trinajstić information content (AvgIpc) is 2.22. The number of methoxy groups -OCH3 is 1. The summed E-state index contributed by atoms with van der Waals surface area (Å²) in [5.74, 6) is 0.0104. The lowest BCUT2D eigenvalue weighted by Crippen LogP contribution is -2.36. The molecule has 0 amide bonds. The number of nitrogens with one attached hydrogen (secondary N) is 1. The van der Waals surface area contributed by atoms with E-state index in [0.717, 1.165) is 12.8 Å². The number of hydrogen-bond acceptors (Lipinski definition) is 4. The summed E-state index contributed by atoms with van der Waals surface area (Å²) in [7, 11) is -1.72. The largest absolute Gasteiger partial charge is 0.384 e. The van der Waals surface area contributed by atoms with E-state index in [1.807, 2.05) is 13.8 Å². The first-order valence-electron chi connectivity index (χ1n) is 5.49. The van der Waals surface area contributed by atoms with Crippen molar-refractivity contribution in [2.45, 2.75) is 26.7 Å². The molecule has 16 heavy (non-hydrogen) atoms. The minimum absolute atomic E-state index is 0.0104. The molecule has 0 aromatic rings. The van der Waals surface area contributed by atoms with E-state index in [1.165, 1.54) is 7.11 Å². The quantitative estimate of drug-likeness (QED) is 0.619. The lowest BCUT2D eigenvalue weighted by atomic mass is 9.88. The fourth-order valence-corrected chi connectivity index (χ4v) is 2.38. The average molecular weight is 252 g/mol. The third kappa shape index (κ3) is 8.04. The van der Waals surface area contributed by atoms with Crippen LogP contribution >= 0.6 is 0 Å². The molecule has 0 aliphatic carbocycles. The lowest BCUT2D eigenvalue weighted by molar-refractivity contribution is 0.216. The van der Waals surface area contributed by atoms with Crippen LogP contribution in [-0.4, -0.2) is 41.0 Å². The Morgan fingerprint density at radius 2 is 2.00 bits per heavy atom. The molecule has 6 heteroatoms. The molecular formula is C10H24N2O3S. The fraction of sp³-hybridized carbons (Fsp3) is 1.00. The van der Waals surface area contributed by atoms with Gasteiger partial charge in [-0.15, -0.1) is 0 Å². The minimum atomic E-state index is -3.21. The maximum Gasteiger partial charge on any atom is 0.213 e. The van der Waals surface area contributed by atoms with Crippen LogP contribution < -0.4 is 10.5 Å². The minimum Gasteiger partial charge on any atom is -0.384 e. The van der Waals surface area contributed by atoms with Crippen molar-refractivity contribution in [3.8, 4) is 0 Å². The Balaban J connectivity index is 4.02. The van der Waals surface area contributed by atoms with Crippen LogP contribution in [0.1, 0.15) is 26.7 Å². The van der Waals surface area contributed by atoms with Crippen LogP contribution in [0.15, 0.2) is 0 Å². The third-order valence-corrected chi connectivity index (χ3v) is 3.67. The topological polar surface area (TPSA) is 81.4 Å². The van der Waals surface area contributed by atoms with E-state index in [1.54, 1.807) is 0 Å². The number of ether oxygens (including phenoxy) is 1. The van der Waals surface area contributed by atoms with Crippen LogP contribution in [0.5, 0.6) is 0 Å². The van der Waals surface area contributed by atoms with Gasteiger partial charge < -0.3 is 10.5 Å². The van der Waals surface area contributed by atoms with Crippen LogP contribution in [0.3, 0.4) is 0 Å². The molecule has 0 bridgehead atoms. The molecule has 0 rings (SSSR count). The van der Waals surface area contributed by atoms with Crippen molar-refractivity contribution >= 4 is 10.0 Å². The van der Waals surface area contributed by atoms with Crippen molar-refractivity contribution in [1.29, 1.82) is 0 Å². The van der Waals surface area contributed by atoms with Gasteiger partial charge in [0.1, 0.15) is 0 Å². The summed E-state index contributed by atoms with van der Waals surface area (Å²) in [6.07, 6.45) is 1.82. The summed E-state index contributed by atoms with van der Waals surface area (Å²) >= 11 is 0. The van der Waals surface area contributed by atoms with Gasteiger partial charge in [-0.2, -0.15) is 0 Å². The fourth-order valence-electron chi connectivity index (χ4n) is 1.24. The molecule has 0 fully saturated rings. The van der Waals surface area contributed by atoms with Crippen LogP contribution in [-0.2, 0) is 14.8 Å². The highest BCUT2D eigenvalue weighted by molar-refractivity contribution is 7.89. The van der Waals surface area contributed by atoms with Crippen LogP contribution in [0.2, 0.25) is 0 Å². The van der Waals surface area contributed by atoms with Gasteiger partial charge in [0.05, 0.1) is 12.4 Å². The highest BCUT2D eigenvalue weighted by Gasteiger charge is 2.20. The Morgan fingerprint density at radius 1 is 1.38 bits per heavy atom. The molecule has 5 nitrogen and oxygen atoms in total. The normalized spacial score (nSPS) is 13.0. The van der Waals surface area contributed by atoms with Crippen LogP contribution in [0.4, 0.5) is 0 Å². The van der Waals surface area contributed by atoms with Gasteiger partial charge in [0.15, 0.2) is 0 Å². The van der Waals surface area contributed by atoms with Gasteiger partial charge in [-0.1, -0.05) is 13.8 Å². The van der Waals surface area contributed by atoms with Crippen molar-refractivity contribution in [2.24, 2.45) is 11.1 Å². The second-order valence-electron chi connectivity index (χ2n) is 4.69. The second-order valence-corrected chi connectivity index (χ2v) is 6.62. The number of rotatable bonds is 9. The molecule has 0 saturated carbocycles. The number of hydrogen-bond donors (Lipinski definition) is 2. The molecule has 0 aromatic heterocycles. The predicted molar refractivity (Wildman–Crippen MR) is 65.7 cm³/mol. The van der Waals surface area contributed by atoms with E-state index in [2.05, 4.69) is 4.72 Å². The van der Waals surface area contributed by atoms with Crippen LogP contribution in [0, 0.1) is 5.41 Å². The Labute approximate surface area is 98.8 Å². The van der Waals surface area contributed by atoms with Gasteiger partial charge in [-0.05, 0) is 24.8 Å². The van der Waals surface area contributed by atoms with Crippen molar-refractivity contribution in [2.75, 3.05) is 32.6 Å². The molecule has 3 N–H and O–H groups in total. The smallest absolute Gasteiger partial charge is 0.213 e. The maximum absolute atomic E-state index is 11.5. The van der Waals surface area contributed by atoms with Gasteiger partial charge >= 0.3 is 0 Å². The lowest BCUT2D eigenvalue weighted by Gasteiger charge is -2.24. The predicted octanol–water partition coefficient (Wildman–Crippen LogP) is 0.317. The Bertz CT molecular complexity index is 276. The third-order valence-electron chi connectivity index (χ3n) is 2.38. The molecule has 0 aliphatic heterocycles. The molecule has 0 spiro atoms. The summed E-state index contributed by atoms with van der Waals surface area (Å²) in [4.78, 5) is 0. The highest BCUT2D eigenvalue weighted by Crippen LogP contribution is 2.20. The summed E-state index contributed by atoms with van der Waals surface area (Å²) in [6, 6.07) is 0. The van der Waals surface area contributed by atoms with E-state index >= 15 is 0 Å². The van der Waals surface area contributed by atoms with Gasteiger partial charge in [0, 0.05) is 13.7 Å². The van der Waals surface area contributed by atoms with E-state index in [4.69, 9.17) is 10.5 Å². The van der Waals surface area contributed by atoms with E-state index in [0.29, 0.717) is 13.1 Å². The SMILES string of the molecule is COCCS(=O)(=O)NCC(C)(C)CCCN. The Kier molecular flexibility index (Phi) is 7.14. The van der Waals surface area contributed by atoms with E-state index in [9.17, 15) is 8.42 Å². The zero-order chi connectivity index (χ0) is 12.7. The molecule has 0 unspecified atom stereocenters. The molecule has 0 radical (unpaired) electrons. The zero-order valence-corrected chi connectivity index (χ0v) is 11.3. The molecule has 98 valence electrons.